The number of rotatable bonds is 4. The summed E-state index contributed by atoms with van der Waals surface area (Å²) >= 11 is 7.48. The normalized spacial score (nSPS) is 14.4. The van der Waals surface area contributed by atoms with Gasteiger partial charge in [-0.15, -0.1) is 0 Å². The van der Waals surface area contributed by atoms with Crippen LogP contribution < -0.4 is 5.32 Å². The number of thiophene rings is 1. The van der Waals surface area contributed by atoms with Crippen molar-refractivity contribution in [3.8, 4) is 0 Å². The summed E-state index contributed by atoms with van der Waals surface area (Å²) in [6.45, 7) is 4.16. The van der Waals surface area contributed by atoms with Gasteiger partial charge in [0.2, 0.25) is 0 Å². The Labute approximate surface area is 116 Å². The fourth-order valence-electron chi connectivity index (χ4n) is 1.87. The second kappa shape index (κ2) is 5.83. The van der Waals surface area contributed by atoms with E-state index in [0.717, 1.165) is 5.56 Å². The van der Waals surface area contributed by atoms with Crippen molar-refractivity contribution in [3.63, 3.8) is 0 Å². The van der Waals surface area contributed by atoms with Crippen molar-refractivity contribution in [3.05, 3.63) is 57.0 Å². The molecular weight excluding hydrogens is 269 g/mol. The van der Waals surface area contributed by atoms with Gasteiger partial charge in [0.05, 0.1) is 5.02 Å². The molecule has 0 bridgehead atoms. The van der Waals surface area contributed by atoms with Crippen LogP contribution in [0.3, 0.4) is 0 Å². The second-order valence-corrected chi connectivity index (χ2v) is 5.53. The summed E-state index contributed by atoms with van der Waals surface area (Å²) in [5.74, 6) is -0.376. The van der Waals surface area contributed by atoms with E-state index in [1.807, 2.05) is 6.92 Å². The first kappa shape index (κ1) is 13.5. The van der Waals surface area contributed by atoms with Gasteiger partial charge in [-0.25, -0.2) is 4.39 Å². The molecule has 2 atom stereocenters. The number of halogens is 2. The molecule has 0 aliphatic carbocycles. The highest BCUT2D eigenvalue weighted by molar-refractivity contribution is 7.07. The fraction of sp³-hybridized carbons (Fsp3) is 0.286. The summed E-state index contributed by atoms with van der Waals surface area (Å²) in [5.41, 5.74) is 2.25. The van der Waals surface area contributed by atoms with E-state index in [2.05, 4.69) is 29.1 Å². The van der Waals surface area contributed by atoms with Crippen molar-refractivity contribution in [1.82, 2.24) is 5.32 Å². The molecule has 0 saturated carbocycles. The highest BCUT2D eigenvalue weighted by Gasteiger charge is 2.12. The molecule has 18 heavy (non-hydrogen) atoms. The maximum absolute atomic E-state index is 13.1. The predicted molar refractivity (Wildman–Crippen MR) is 75.7 cm³/mol. The van der Waals surface area contributed by atoms with Crippen LogP contribution in [-0.2, 0) is 0 Å². The van der Waals surface area contributed by atoms with Gasteiger partial charge >= 0.3 is 0 Å². The summed E-state index contributed by atoms with van der Waals surface area (Å²) in [6.07, 6.45) is 0. The molecule has 0 spiro atoms. The van der Waals surface area contributed by atoms with E-state index in [-0.39, 0.29) is 22.9 Å². The van der Waals surface area contributed by atoms with Crippen molar-refractivity contribution in [2.45, 2.75) is 25.9 Å². The largest absolute Gasteiger partial charge is 0.304 e. The van der Waals surface area contributed by atoms with Gasteiger partial charge in [0, 0.05) is 12.1 Å². The lowest BCUT2D eigenvalue weighted by Crippen LogP contribution is -2.22. The minimum atomic E-state index is -0.376. The molecular formula is C14H15ClFNS. The average Bonchev–Trinajstić information content (AvgIpc) is 2.86. The molecule has 4 heteroatoms. The van der Waals surface area contributed by atoms with E-state index in [4.69, 9.17) is 11.6 Å². The van der Waals surface area contributed by atoms with E-state index in [1.165, 1.54) is 11.6 Å². The summed E-state index contributed by atoms with van der Waals surface area (Å²) in [4.78, 5) is 0. The third-order valence-electron chi connectivity index (χ3n) is 2.99. The smallest absolute Gasteiger partial charge is 0.141 e. The quantitative estimate of drug-likeness (QED) is 0.837. The standard InChI is InChI=1S/C14H15ClFNS/c1-9(11-3-4-14(16)13(15)7-11)17-10(2)12-5-6-18-8-12/h3-10,17H,1-2H3. The SMILES string of the molecule is CC(NC(C)c1ccc(F)c(Cl)c1)c1ccsc1. The lowest BCUT2D eigenvalue weighted by molar-refractivity contribution is 0.495. The number of hydrogen-bond acceptors (Lipinski definition) is 2. The molecule has 1 aromatic carbocycles. The van der Waals surface area contributed by atoms with E-state index in [1.54, 1.807) is 23.5 Å². The lowest BCUT2D eigenvalue weighted by Gasteiger charge is -2.20. The van der Waals surface area contributed by atoms with E-state index in [9.17, 15) is 4.39 Å². The number of hydrogen-bond donors (Lipinski definition) is 1. The monoisotopic (exact) mass is 283 g/mol. The van der Waals surface area contributed by atoms with Gasteiger partial charge < -0.3 is 5.32 Å². The summed E-state index contributed by atoms with van der Waals surface area (Å²) in [5, 5.41) is 7.83. The van der Waals surface area contributed by atoms with Gasteiger partial charge in [0.15, 0.2) is 0 Å². The first-order chi connectivity index (χ1) is 8.58. The van der Waals surface area contributed by atoms with Crippen LogP contribution in [-0.4, -0.2) is 0 Å². The molecule has 2 rings (SSSR count). The molecule has 0 aliphatic rings. The van der Waals surface area contributed by atoms with Crippen LogP contribution in [0.25, 0.3) is 0 Å². The van der Waals surface area contributed by atoms with Gasteiger partial charge in [0.1, 0.15) is 5.82 Å². The topological polar surface area (TPSA) is 12.0 Å². The summed E-state index contributed by atoms with van der Waals surface area (Å²) < 4.78 is 13.1. The molecule has 96 valence electrons. The number of benzene rings is 1. The third kappa shape index (κ3) is 3.10. The predicted octanol–water partition coefficient (Wildman–Crippen LogP) is 4.95. The van der Waals surface area contributed by atoms with E-state index >= 15 is 0 Å². The Morgan fingerprint density at radius 1 is 1.17 bits per heavy atom. The average molecular weight is 284 g/mol. The Balaban J connectivity index is 2.07. The highest BCUT2D eigenvalue weighted by Crippen LogP contribution is 2.24. The van der Waals surface area contributed by atoms with Crippen molar-refractivity contribution in [2.75, 3.05) is 0 Å². The molecule has 0 radical (unpaired) electrons. The molecule has 2 aromatic rings. The molecule has 1 N–H and O–H groups in total. The van der Waals surface area contributed by atoms with Gasteiger partial charge in [-0.2, -0.15) is 11.3 Å². The third-order valence-corrected chi connectivity index (χ3v) is 3.98. The zero-order chi connectivity index (χ0) is 13.1. The number of nitrogens with one attached hydrogen (secondary N) is 1. The maximum atomic E-state index is 13.1. The van der Waals surface area contributed by atoms with Crippen LogP contribution in [0.1, 0.15) is 37.1 Å². The molecule has 1 heterocycles. The Morgan fingerprint density at radius 3 is 2.50 bits per heavy atom. The van der Waals surface area contributed by atoms with E-state index < -0.39 is 0 Å². The summed E-state index contributed by atoms with van der Waals surface area (Å²) in [6, 6.07) is 7.33. The van der Waals surface area contributed by atoms with Crippen LogP contribution >= 0.6 is 22.9 Å². The molecule has 0 aliphatic heterocycles. The first-order valence-electron chi connectivity index (χ1n) is 5.81. The Morgan fingerprint density at radius 2 is 1.89 bits per heavy atom. The molecule has 0 fully saturated rings. The van der Waals surface area contributed by atoms with Crippen LogP contribution in [0.15, 0.2) is 35.0 Å². The van der Waals surface area contributed by atoms with Crippen LogP contribution in [0.2, 0.25) is 5.02 Å². The Kier molecular flexibility index (Phi) is 4.38. The highest BCUT2D eigenvalue weighted by atomic mass is 35.5. The fourth-order valence-corrected chi connectivity index (χ4v) is 2.81. The maximum Gasteiger partial charge on any atom is 0.141 e. The summed E-state index contributed by atoms with van der Waals surface area (Å²) in [7, 11) is 0. The van der Waals surface area contributed by atoms with Crippen molar-refractivity contribution < 1.29 is 4.39 Å². The molecule has 0 saturated heterocycles. The van der Waals surface area contributed by atoms with Crippen molar-refractivity contribution in [2.24, 2.45) is 0 Å². The first-order valence-corrected chi connectivity index (χ1v) is 7.13. The molecule has 0 amide bonds. The van der Waals surface area contributed by atoms with E-state index in [0.29, 0.717) is 0 Å². The van der Waals surface area contributed by atoms with Gasteiger partial charge in [-0.3, -0.25) is 0 Å². The molecule has 1 nitrogen and oxygen atoms in total. The van der Waals surface area contributed by atoms with Crippen molar-refractivity contribution >= 4 is 22.9 Å². The minimum absolute atomic E-state index is 0.123. The zero-order valence-electron chi connectivity index (χ0n) is 10.3. The van der Waals surface area contributed by atoms with Gasteiger partial charge in [-0.1, -0.05) is 17.7 Å². The Bertz CT molecular complexity index is 513. The zero-order valence-corrected chi connectivity index (χ0v) is 11.9. The Hall–Kier alpha value is -0.900. The second-order valence-electron chi connectivity index (χ2n) is 4.34. The van der Waals surface area contributed by atoms with Gasteiger partial charge in [0.25, 0.3) is 0 Å². The van der Waals surface area contributed by atoms with Crippen LogP contribution in [0, 0.1) is 5.82 Å². The lowest BCUT2D eigenvalue weighted by atomic mass is 10.1. The van der Waals surface area contributed by atoms with Crippen LogP contribution in [0.5, 0.6) is 0 Å². The van der Waals surface area contributed by atoms with Gasteiger partial charge in [-0.05, 0) is 53.9 Å². The molecule has 2 unspecified atom stereocenters. The van der Waals surface area contributed by atoms with Crippen molar-refractivity contribution in [1.29, 1.82) is 0 Å². The minimum Gasteiger partial charge on any atom is -0.304 e. The van der Waals surface area contributed by atoms with Crippen LogP contribution in [0.4, 0.5) is 4.39 Å². The molecule has 1 aromatic heterocycles.